The summed E-state index contributed by atoms with van der Waals surface area (Å²) in [5.41, 5.74) is 2.54. The molecule has 0 fully saturated rings. The lowest BCUT2D eigenvalue weighted by Crippen LogP contribution is -2.35. The molecule has 0 saturated carbocycles. The molecule has 20 heavy (non-hydrogen) atoms. The highest BCUT2D eigenvalue weighted by atomic mass is 35.5. The Bertz CT molecular complexity index is 398. The molecule has 0 aliphatic carbocycles. The van der Waals surface area contributed by atoms with E-state index in [-0.39, 0.29) is 5.17 Å². The monoisotopic (exact) mass is 296 g/mol. The largest absolute Gasteiger partial charge is 0.303 e. The van der Waals surface area contributed by atoms with Gasteiger partial charge in [-0.05, 0) is 57.6 Å². The molecule has 2 nitrogen and oxygen atoms in total. The van der Waals surface area contributed by atoms with E-state index in [0.717, 1.165) is 31.4 Å². The smallest absolute Gasteiger partial charge is 0.123 e. The third-order valence-corrected chi connectivity index (χ3v) is 4.99. The highest BCUT2D eigenvalue weighted by Crippen LogP contribution is 2.30. The predicted molar refractivity (Wildman–Crippen MR) is 89.7 cm³/mol. The van der Waals surface area contributed by atoms with Crippen LogP contribution in [0.1, 0.15) is 47.0 Å². The Morgan fingerprint density at radius 2 is 2.15 bits per heavy atom. The standard InChI is InChI=1S/C17H29ClN2/c1-6-14(7-2)8-9-15-11-20(5)13(4)12(3)10-16(15)17(18)19/h6,10,12-13,15,19H,7-9,11H2,1-5H3/b14-6-,19-17?. The van der Waals surface area contributed by atoms with Gasteiger partial charge >= 0.3 is 0 Å². The maximum atomic E-state index is 7.88. The lowest BCUT2D eigenvalue weighted by atomic mass is 9.90. The number of nitrogens with one attached hydrogen (secondary N) is 1. The van der Waals surface area contributed by atoms with Crippen LogP contribution in [0.4, 0.5) is 0 Å². The van der Waals surface area contributed by atoms with E-state index < -0.39 is 0 Å². The summed E-state index contributed by atoms with van der Waals surface area (Å²) in [5.74, 6) is 0.811. The van der Waals surface area contributed by atoms with E-state index in [1.54, 1.807) is 0 Å². The van der Waals surface area contributed by atoms with Gasteiger partial charge in [-0.2, -0.15) is 0 Å². The number of hydrogen-bond acceptors (Lipinski definition) is 2. The summed E-state index contributed by atoms with van der Waals surface area (Å²) in [7, 11) is 2.18. The molecule has 114 valence electrons. The van der Waals surface area contributed by atoms with Crippen LogP contribution in [0.5, 0.6) is 0 Å². The van der Waals surface area contributed by atoms with Crippen LogP contribution in [0.3, 0.4) is 0 Å². The number of allylic oxidation sites excluding steroid dienone is 2. The van der Waals surface area contributed by atoms with Crippen LogP contribution in [0.15, 0.2) is 23.3 Å². The van der Waals surface area contributed by atoms with Crippen LogP contribution in [-0.2, 0) is 0 Å². The average molecular weight is 297 g/mol. The van der Waals surface area contributed by atoms with E-state index in [9.17, 15) is 0 Å². The van der Waals surface area contributed by atoms with Crippen molar-refractivity contribution in [1.82, 2.24) is 4.90 Å². The van der Waals surface area contributed by atoms with Crippen molar-refractivity contribution in [3.63, 3.8) is 0 Å². The van der Waals surface area contributed by atoms with Crippen LogP contribution in [0.25, 0.3) is 0 Å². The Morgan fingerprint density at radius 1 is 1.50 bits per heavy atom. The van der Waals surface area contributed by atoms with Gasteiger partial charge in [0.05, 0.1) is 0 Å². The zero-order chi connectivity index (χ0) is 15.3. The lowest BCUT2D eigenvalue weighted by molar-refractivity contribution is 0.207. The Morgan fingerprint density at radius 3 is 2.65 bits per heavy atom. The zero-order valence-electron chi connectivity index (χ0n) is 13.5. The van der Waals surface area contributed by atoms with E-state index in [2.05, 4.69) is 51.8 Å². The molecule has 1 heterocycles. The van der Waals surface area contributed by atoms with Crippen molar-refractivity contribution in [2.24, 2.45) is 11.8 Å². The molecule has 3 atom stereocenters. The second-order valence-corrected chi connectivity index (χ2v) is 6.39. The molecule has 3 heteroatoms. The topological polar surface area (TPSA) is 27.1 Å². The number of nitrogens with zero attached hydrogens (tertiary/aromatic N) is 1. The molecule has 0 aromatic heterocycles. The minimum absolute atomic E-state index is 0.225. The van der Waals surface area contributed by atoms with Crippen molar-refractivity contribution in [3.8, 4) is 0 Å². The van der Waals surface area contributed by atoms with Gasteiger partial charge in [-0.1, -0.05) is 43.2 Å². The first-order chi connectivity index (χ1) is 9.40. The van der Waals surface area contributed by atoms with Crippen molar-refractivity contribution in [2.75, 3.05) is 13.6 Å². The van der Waals surface area contributed by atoms with Crippen LogP contribution >= 0.6 is 11.6 Å². The molecule has 1 rings (SSSR count). The first kappa shape index (κ1) is 17.5. The van der Waals surface area contributed by atoms with Crippen LogP contribution in [-0.4, -0.2) is 29.7 Å². The number of halogens is 1. The van der Waals surface area contributed by atoms with Crippen molar-refractivity contribution in [1.29, 1.82) is 5.41 Å². The summed E-state index contributed by atoms with van der Waals surface area (Å²) >= 11 is 6.05. The van der Waals surface area contributed by atoms with Crippen LogP contribution in [0, 0.1) is 17.2 Å². The second-order valence-electron chi connectivity index (χ2n) is 6.01. The molecule has 1 N–H and O–H groups in total. The minimum atomic E-state index is 0.225. The van der Waals surface area contributed by atoms with E-state index in [1.165, 1.54) is 5.57 Å². The number of hydrogen-bond donors (Lipinski definition) is 1. The summed E-state index contributed by atoms with van der Waals surface area (Å²) in [6.07, 6.45) is 7.74. The van der Waals surface area contributed by atoms with E-state index in [4.69, 9.17) is 17.0 Å². The third-order valence-electron chi connectivity index (χ3n) is 4.78. The molecule has 0 amide bonds. The molecular formula is C17H29ClN2. The average Bonchev–Trinajstić information content (AvgIpc) is 2.52. The van der Waals surface area contributed by atoms with E-state index in [0.29, 0.717) is 17.9 Å². The van der Waals surface area contributed by atoms with Crippen molar-refractivity contribution >= 4 is 16.8 Å². The molecule has 0 saturated heterocycles. The molecule has 1 aliphatic rings. The molecule has 0 bridgehead atoms. The summed E-state index contributed by atoms with van der Waals surface area (Å²) in [6.45, 7) is 9.78. The van der Waals surface area contributed by atoms with Gasteiger partial charge in [-0.25, -0.2) is 0 Å². The lowest BCUT2D eigenvalue weighted by Gasteiger charge is -2.28. The van der Waals surface area contributed by atoms with Gasteiger partial charge in [0.25, 0.3) is 0 Å². The quantitative estimate of drug-likeness (QED) is 0.570. The van der Waals surface area contributed by atoms with Crippen LogP contribution in [0.2, 0.25) is 0 Å². The Balaban J connectivity index is 2.89. The molecule has 3 unspecified atom stereocenters. The van der Waals surface area contributed by atoms with Gasteiger partial charge in [0, 0.05) is 12.6 Å². The van der Waals surface area contributed by atoms with Crippen molar-refractivity contribution in [2.45, 2.75) is 53.0 Å². The van der Waals surface area contributed by atoms with Crippen molar-refractivity contribution in [3.05, 3.63) is 23.3 Å². The Labute approximate surface area is 129 Å². The van der Waals surface area contributed by atoms with Crippen molar-refractivity contribution < 1.29 is 0 Å². The number of rotatable bonds is 5. The maximum absolute atomic E-state index is 7.88. The van der Waals surface area contributed by atoms with Gasteiger partial charge in [0.15, 0.2) is 0 Å². The maximum Gasteiger partial charge on any atom is 0.123 e. The molecule has 0 radical (unpaired) electrons. The summed E-state index contributed by atoms with van der Waals surface area (Å²) in [6, 6.07) is 0.498. The predicted octanol–water partition coefficient (Wildman–Crippen LogP) is 4.85. The van der Waals surface area contributed by atoms with Gasteiger partial charge in [-0.15, -0.1) is 0 Å². The third kappa shape index (κ3) is 4.46. The fourth-order valence-corrected chi connectivity index (χ4v) is 3.17. The van der Waals surface area contributed by atoms with Gasteiger partial charge < -0.3 is 4.90 Å². The molecule has 1 aliphatic heterocycles. The highest BCUT2D eigenvalue weighted by Gasteiger charge is 2.27. The first-order valence-corrected chi connectivity index (χ1v) is 8.08. The summed E-state index contributed by atoms with van der Waals surface area (Å²) < 4.78 is 0. The minimum Gasteiger partial charge on any atom is -0.303 e. The van der Waals surface area contributed by atoms with Gasteiger partial charge in [-0.3, -0.25) is 5.41 Å². The van der Waals surface area contributed by atoms with E-state index >= 15 is 0 Å². The highest BCUT2D eigenvalue weighted by molar-refractivity contribution is 6.68. The van der Waals surface area contributed by atoms with Gasteiger partial charge in [0.1, 0.15) is 5.17 Å². The normalized spacial score (nSPS) is 29.0. The molecule has 0 spiro atoms. The molecule has 0 aromatic rings. The Hall–Kier alpha value is -0.600. The summed E-state index contributed by atoms with van der Waals surface area (Å²) in [5, 5.41) is 8.10. The Kier molecular flexibility index (Phi) is 6.97. The fraction of sp³-hybridized carbons (Fsp3) is 0.706. The molecule has 0 aromatic carbocycles. The fourth-order valence-electron chi connectivity index (χ4n) is 2.96. The van der Waals surface area contributed by atoms with Crippen LogP contribution < -0.4 is 0 Å². The summed E-state index contributed by atoms with van der Waals surface area (Å²) in [4.78, 5) is 2.40. The molecular weight excluding hydrogens is 268 g/mol. The second kappa shape index (κ2) is 7.99. The SMILES string of the molecule is C/C=C(/CC)CCC1CN(C)C(C)C(C)C=C1C(=N)Cl. The zero-order valence-corrected chi connectivity index (χ0v) is 14.3. The van der Waals surface area contributed by atoms with E-state index in [1.807, 2.05) is 0 Å². The first-order valence-electron chi connectivity index (χ1n) is 7.71. The van der Waals surface area contributed by atoms with Gasteiger partial charge in [0.2, 0.25) is 0 Å².